The van der Waals surface area contributed by atoms with Gasteiger partial charge in [0.25, 0.3) is 0 Å². The summed E-state index contributed by atoms with van der Waals surface area (Å²) in [6, 6.07) is -0.681. The van der Waals surface area contributed by atoms with Crippen LogP contribution in [-0.2, 0) is 4.79 Å². The van der Waals surface area contributed by atoms with E-state index in [9.17, 15) is 14.7 Å². The maximum absolute atomic E-state index is 12.3. The fourth-order valence-electron chi connectivity index (χ4n) is 3.82. The molecule has 5 nitrogen and oxygen atoms in total. The van der Waals surface area contributed by atoms with Crippen LogP contribution in [0.2, 0.25) is 0 Å². The molecule has 0 bridgehead atoms. The molecule has 1 saturated heterocycles. The fraction of sp³-hybridized carbons (Fsp3) is 0.714. The quantitative estimate of drug-likeness (QED) is 0.744. The highest BCUT2D eigenvalue weighted by Gasteiger charge is 2.49. The van der Waals surface area contributed by atoms with Gasteiger partial charge in [0.05, 0.1) is 0 Å². The molecule has 2 fully saturated rings. The van der Waals surface area contributed by atoms with Gasteiger partial charge in [-0.3, -0.25) is 0 Å². The normalized spacial score (nSPS) is 33.7. The molecule has 3 rings (SSSR count). The minimum Gasteiger partial charge on any atom is -0.480 e. The zero-order valence-electron chi connectivity index (χ0n) is 10.9. The molecule has 2 aliphatic carbocycles. The van der Waals surface area contributed by atoms with Crippen molar-refractivity contribution in [1.82, 2.24) is 10.2 Å². The van der Waals surface area contributed by atoms with Crippen LogP contribution < -0.4 is 5.32 Å². The van der Waals surface area contributed by atoms with Crippen molar-refractivity contribution in [3.05, 3.63) is 12.2 Å². The molecule has 0 aromatic heterocycles. The summed E-state index contributed by atoms with van der Waals surface area (Å²) in [7, 11) is 0. The summed E-state index contributed by atoms with van der Waals surface area (Å²) < 4.78 is 0. The van der Waals surface area contributed by atoms with Crippen LogP contribution in [0.1, 0.15) is 32.1 Å². The Balaban J connectivity index is 1.68. The van der Waals surface area contributed by atoms with Crippen molar-refractivity contribution in [3.8, 4) is 0 Å². The summed E-state index contributed by atoms with van der Waals surface area (Å²) in [6.07, 6.45) is 8.91. The maximum Gasteiger partial charge on any atom is 0.326 e. The second kappa shape index (κ2) is 4.87. The number of carboxylic acid groups (broad SMARTS) is 1. The Morgan fingerprint density at radius 1 is 1.21 bits per heavy atom. The standard InChI is InChI=1S/C14H20N2O3/c17-13(18)12-11-7-3-4-9(11)8-16(12)14(19)15-10-5-1-2-6-10/h1-2,9-12H,3-8H2,(H,15,19)(H,17,18). The Labute approximate surface area is 112 Å². The molecule has 0 aromatic rings. The van der Waals surface area contributed by atoms with Crippen molar-refractivity contribution < 1.29 is 14.7 Å². The van der Waals surface area contributed by atoms with Crippen LogP contribution in [0.15, 0.2) is 12.2 Å². The number of fused-ring (bicyclic) bond motifs is 1. The summed E-state index contributed by atoms with van der Waals surface area (Å²) in [5.74, 6) is -0.312. The Kier molecular flexibility index (Phi) is 3.21. The number of amides is 2. The topological polar surface area (TPSA) is 69.6 Å². The molecule has 3 unspecified atom stereocenters. The lowest BCUT2D eigenvalue weighted by Crippen LogP contribution is -2.50. The van der Waals surface area contributed by atoms with E-state index in [4.69, 9.17) is 0 Å². The number of rotatable bonds is 2. The Morgan fingerprint density at radius 3 is 2.63 bits per heavy atom. The number of carbonyl (C=O) groups excluding carboxylic acids is 1. The van der Waals surface area contributed by atoms with E-state index >= 15 is 0 Å². The highest BCUT2D eigenvalue weighted by Crippen LogP contribution is 2.42. The number of likely N-dealkylation sites (tertiary alicyclic amines) is 1. The van der Waals surface area contributed by atoms with Crippen LogP contribution in [0.4, 0.5) is 4.79 Å². The van der Waals surface area contributed by atoms with E-state index in [1.165, 1.54) is 0 Å². The number of hydrogen-bond acceptors (Lipinski definition) is 2. The lowest BCUT2D eigenvalue weighted by atomic mass is 9.94. The number of nitrogens with one attached hydrogen (secondary N) is 1. The summed E-state index contributed by atoms with van der Waals surface area (Å²) in [6.45, 7) is 0.605. The van der Waals surface area contributed by atoms with Gasteiger partial charge in [0.2, 0.25) is 0 Å². The third-order valence-corrected chi connectivity index (χ3v) is 4.74. The smallest absolute Gasteiger partial charge is 0.326 e. The fourth-order valence-corrected chi connectivity index (χ4v) is 3.82. The Hall–Kier alpha value is -1.52. The maximum atomic E-state index is 12.3. The molecule has 19 heavy (non-hydrogen) atoms. The van der Waals surface area contributed by atoms with Crippen molar-refractivity contribution in [2.24, 2.45) is 11.8 Å². The first-order chi connectivity index (χ1) is 9.16. The van der Waals surface area contributed by atoms with Gasteiger partial charge in [-0.15, -0.1) is 0 Å². The summed E-state index contributed by atoms with van der Waals surface area (Å²) >= 11 is 0. The average molecular weight is 264 g/mol. The van der Waals surface area contributed by atoms with Crippen LogP contribution in [-0.4, -0.2) is 40.6 Å². The van der Waals surface area contributed by atoms with Gasteiger partial charge in [-0.1, -0.05) is 18.6 Å². The van der Waals surface area contributed by atoms with Gasteiger partial charge >= 0.3 is 12.0 Å². The number of carboxylic acids is 1. The summed E-state index contributed by atoms with van der Waals surface area (Å²) in [5.41, 5.74) is 0. The van der Waals surface area contributed by atoms with Crippen molar-refractivity contribution in [2.75, 3.05) is 6.54 Å². The highest BCUT2D eigenvalue weighted by atomic mass is 16.4. The summed E-state index contributed by atoms with van der Waals surface area (Å²) in [5, 5.41) is 12.4. The number of nitrogens with zero attached hydrogens (tertiary/aromatic N) is 1. The number of aliphatic carboxylic acids is 1. The Morgan fingerprint density at radius 2 is 1.95 bits per heavy atom. The largest absolute Gasteiger partial charge is 0.480 e. The Bertz CT molecular complexity index is 413. The SMILES string of the molecule is O=C(O)C1C2CCCC2CN1C(=O)NC1CC=CC1. The predicted molar refractivity (Wildman–Crippen MR) is 69.7 cm³/mol. The van der Waals surface area contributed by atoms with Gasteiger partial charge in [-0.25, -0.2) is 9.59 Å². The van der Waals surface area contributed by atoms with E-state index in [-0.39, 0.29) is 18.0 Å². The molecule has 2 amide bonds. The van der Waals surface area contributed by atoms with Gasteiger partial charge in [-0.2, -0.15) is 0 Å². The predicted octanol–water partition coefficient (Wildman–Crippen LogP) is 1.60. The average Bonchev–Trinajstić information content (AvgIpc) is 3.02. The molecule has 0 spiro atoms. The molecule has 2 N–H and O–H groups in total. The summed E-state index contributed by atoms with van der Waals surface area (Å²) in [4.78, 5) is 25.3. The molecular weight excluding hydrogens is 244 g/mol. The van der Waals surface area contributed by atoms with E-state index in [2.05, 4.69) is 17.5 Å². The van der Waals surface area contributed by atoms with Gasteiger partial charge in [0.15, 0.2) is 0 Å². The lowest BCUT2D eigenvalue weighted by molar-refractivity contribution is -0.142. The second-order valence-corrected chi connectivity index (χ2v) is 5.88. The van der Waals surface area contributed by atoms with Crippen LogP contribution in [0, 0.1) is 11.8 Å². The number of carbonyl (C=O) groups is 2. The first kappa shape index (κ1) is 12.5. The molecule has 3 aliphatic rings. The monoisotopic (exact) mass is 264 g/mol. The molecule has 0 aromatic carbocycles. The van der Waals surface area contributed by atoms with Crippen molar-refractivity contribution in [2.45, 2.75) is 44.2 Å². The third kappa shape index (κ3) is 2.22. The van der Waals surface area contributed by atoms with Crippen LogP contribution in [0.3, 0.4) is 0 Å². The minimum atomic E-state index is -0.853. The van der Waals surface area contributed by atoms with Crippen molar-refractivity contribution in [1.29, 1.82) is 0 Å². The molecule has 0 radical (unpaired) electrons. The third-order valence-electron chi connectivity index (χ3n) is 4.74. The van der Waals surface area contributed by atoms with Gasteiger partial charge < -0.3 is 15.3 Å². The van der Waals surface area contributed by atoms with Crippen LogP contribution in [0.25, 0.3) is 0 Å². The molecule has 5 heteroatoms. The van der Waals surface area contributed by atoms with Gasteiger partial charge in [0.1, 0.15) is 6.04 Å². The molecule has 1 heterocycles. The van der Waals surface area contributed by atoms with Crippen LogP contribution >= 0.6 is 0 Å². The highest BCUT2D eigenvalue weighted by molar-refractivity contribution is 5.84. The van der Waals surface area contributed by atoms with E-state index < -0.39 is 12.0 Å². The lowest BCUT2D eigenvalue weighted by Gasteiger charge is -2.26. The first-order valence-corrected chi connectivity index (χ1v) is 7.11. The van der Waals surface area contributed by atoms with Crippen molar-refractivity contribution in [3.63, 3.8) is 0 Å². The molecular formula is C14H20N2O3. The van der Waals surface area contributed by atoms with Gasteiger partial charge in [0, 0.05) is 12.6 Å². The van der Waals surface area contributed by atoms with E-state index in [0.29, 0.717) is 12.5 Å². The minimum absolute atomic E-state index is 0.141. The van der Waals surface area contributed by atoms with E-state index in [1.54, 1.807) is 4.90 Å². The van der Waals surface area contributed by atoms with E-state index in [0.717, 1.165) is 32.1 Å². The molecule has 1 aliphatic heterocycles. The number of urea groups is 1. The zero-order chi connectivity index (χ0) is 13.4. The second-order valence-electron chi connectivity index (χ2n) is 5.88. The van der Waals surface area contributed by atoms with Crippen molar-refractivity contribution >= 4 is 12.0 Å². The van der Waals surface area contributed by atoms with Gasteiger partial charge in [-0.05, 0) is 37.5 Å². The molecule has 3 atom stereocenters. The number of hydrogen-bond donors (Lipinski definition) is 2. The van der Waals surface area contributed by atoms with E-state index in [1.807, 2.05) is 0 Å². The molecule has 1 saturated carbocycles. The van der Waals surface area contributed by atoms with Crippen LogP contribution in [0.5, 0.6) is 0 Å². The molecule has 104 valence electrons. The zero-order valence-corrected chi connectivity index (χ0v) is 10.9. The first-order valence-electron chi connectivity index (χ1n) is 7.11.